The van der Waals surface area contributed by atoms with E-state index in [1.54, 1.807) is 18.3 Å². The third kappa shape index (κ3) is 6.57. The summed E-state index contributed by atoms with van der Waals surface area (Å²) in [6, 6.07) is 11.3. The second-order valence-electron chi connectivity index (χ2n) is 8.72. The van der Waals surface area contributed by atoms with Gasteiger partial charge in [0.15, 0.2) is 0 Å². The second kappa shape index (κ2) is 12.0. The van der Waals surface area contributed by atoms with Gasteiger partial charge in [-0.3, -0.25) is 4.79 Å². The lowest BCUT2D eigenvalue weighted by Crippen LogP contribution is -2.11. The Morgan fingerprint density at radius 3 is 2.85 bits per heavy atom. The highest BCUT2D eigenvalue weighted by Crippen LogP contribution is 2.35. The molecule has 0 saturated heterocycles. The fourth-order valence-electron chi connectivity index (χ4n) is 4.36. The first kappa shape index (κ1) is 25.7. The predicted octanol–water partition coefficient (Wildman–Crippen LogP) is 5.17. The topological polar surface area (TPSA) is 108 Å². The average Bonchev–Trinajstić information content (AvgIpc) is 3.06. The number of ether oxygens (including phenoxy) is 1. The molecule has 0 aliphatic rings. The first-order chi connectivity index (χ1) is 16.3. The minimum Gasteiger partial charge on any atom is -0.481 e. The number of nitriles is 1. The number of unbranched alkanes of at least 4 members (excludes halogenated alkanes) is 1. The lowest BCUT2D eigenvalue weighted by molar-refractivity contribution is -0.138. The number of aliphatic carboxylic acids is 1. The van der Waals surface area contributed by atoms with Gasteiger partial charge in [-0.2, -0.15) is 5.26 Å². The van der Waals surface area contributed by atoms with Crippen LogP contribution in [-0.4, -0.2) is 32.3 Å². The van der Waals surface area contributed by atoms with E-state index in [0.29, 0.717) is 30.4 Å². The van der Waals surface area contributed by atoms with Gasteiger partial charge in [0.1, 0.15) is 5.15 Å². The number of aromatic nitrogens is 2. The summed E-state index contributed by atoms with van der Waals surface area (Å²) in [5, 5.41) is 30.4. The highest BCUT2D eigenvalue weighted by molar-refractivity contribution is 6.30. The minimum absolute atomic E-state index is 0.00802. The minimum atomic E-state index is -0.871. The summed E-state index contributed by atoms with van der Waals surface area (Å²) in [6.07, 6.45) is 3.69. The Labute approximate surface area is 204 Å². The number of halogens is 1. The number of aryl methyl sites for hydroxylation is 1. The van der Waals surface area contributed by atoms with Crippen molar-refractivity contribution in [2.24, 2.45) is 13.0 Å². The zero-order chi connectivity index (χ0) is 24.7. The number of hydrogen-bond acceptors (Lipinski definition) is 5. The standard InChI is InChI=1S/C26H30ClN3O4/c1-17(11-25(32)33)10-23(31)26-20-13-24(27)29-15-22(20)30(2)21(26)8-3-4-9-34-16-19-7-5-6-18(12-19)14-28/h5-7,12-13,15,17,23,31H,3-4,8-11,16H2,1-2H3,(H,32,33)/t17-,23?/m0/s1. The van der Waals surface area contributed by atoms with E-state index in [2.05, 4.69) is 11.1 Å². The van der Waals surface area contributed by atoms with Gasteiger partial charge in [0, 0.05) is 36.7 Å². The molecule has 0 amide bonds. The van der Waals surface area contributed by atoms with E-state index in [4.69, 9.17) is 26.7 Å². The number of rotatable bonds is 12. The van der Waals surface area contributed by atoms with Crippen LogP contribution in [0.15, 0.2) is 36.5 Å². The quantitative estimate of drug-likeness (QED) is 0.271. The van der Waals surface area contributed by atoms with Crippen LogP contribution in [0.25, 0.3) is 10.9 Å². The molecule has 2 aromatic heterocycles. The van der Waals surface area contributed by atoms with Crippen LogP contribution in [0.5, 0.6) is 0 Å². The molecule has 3 rings (SSSR count). The first-order valence-electron chi connectivity index (χ1n) is 11.4. The number of benzene rings is 1. The molecule has 0 radical (unpaired) electrons. The second-order valence-corrected chi connectivity index (χ2v) is 9.11. The Kier molecular flexibility index (Phi) is 9.05. The van der Waals surface area contributed by atoms with Gasteiger partial charge >= 0.3 is 5.97 Å². The molecule has 0 aliphatic carbocycles. The van der Waals surface area contributed by atoms with Gasteiger partial charge in [0.25, 0.3) is 0 Å². The molecule has 0 spiro atoms. The van der Waals surface area contributed by atoms with Crippen molar-refractivity contribution in [3.63, 3.8) is 0 Å². The Balaban J connectivity index is 1.66. The molecule has 0 bridgehead atoms. The lowest BCUT2D eigenvalue weighted by atomic mass is 9.93. The molecule has 0 aliphatic heterocycles. The van der Waals surface area contributed by atoms with Crippen molar-refractivity contribution >= 4 is 28.5 Å². The average molecular weight is 484 g/mol. The van der Waals surface area contributed by atoms with Gasteiger partial charge in [0.2, 0.25) is 0 Å². The number of carboxylic acids is 1. The number of fused-ring (bicyclic) bond motifs is 1. The largest absolute Gasteiger partial charge is 0.481 e. The predicted molar refractivity (Wildman–Crippen MR) is 130 cm³/mol. The molecule has 2 heterocycles. The zero-order valence-electron chi connectivity index (χ0n) is 19.5. The Hall–Kier alpha value is -2.92. The number of carboxylic acid groups (broad SMARTS) is 1. The summed E-state index contributed by atoms with van der Waals surface area (Å²) >= 11 is 6.15. The summed E-state index contributed by atoms with van der Waals surface area (Å²) in [6.45, 7) is 2.88. The summed E-state index contributed by atoms with van der Waals surface area (Å²) in [5.74, 6) is -1.04. The van der Waals surface area contributed by atoms with Crippen LogP contribution in [0, 0.1) is 17.2 Å². The fourth-order valence-corrected chi connectivity index (χ4v) is 4.52. The van der Waals surface area contributed by atoms with E-state index in [0.717, 1.165) is 47.0 Å². The molecule has 1 aromatic carbocycles. The Bertz CT molecular complexity index is 1180. The maximum absolute atomic E-state index is 11.1. The van der Waals surface area contributed by atoms with E-state index in [-0.39, 0.29) is 12.3 Å². The summed E-state index contributed by atoms with van der Waals surface area (Å²) in [7, 11) is 1.95. The molecule has 2 atom stereocenters. The van der Waals surface area contributed by atoms with E-state index in [1.807, 2.05) is 36.7 Å². The lowest BCUT2D eigenvalue weighted by Gasteiger charge is -2.17. The monoisotopic (exact) mass is 483 g/mol. The first-order valence-corrected chi connectivity index (χ1v) is 11.8. The molecular formula is C26H30ClN3O4. The van der Waals surface area contributed by atoms with Crippen molar-refractivity contribution in [2.75, 3.05) is 6.61 Å². The van der Waals surface area contributed by atoms with Crippen molar-refractivity contribution in [1.82, 2.24) is 9.55 Å². The number of aliphatic hydroxyl groups is 1. The van der Waals surface area contributed by atoms with Crippen LogP contribution in [-0.2, 0) is 29.6 Å². The van der Waals surface area contributed by atoms with Crippen LogP contribution in [0.2, 0.25) is 5.15 Å². The third-order valence-electron chi connectivity index (χ3n) is 5.98. The van der Waals surface area contributed by atoms with E-state index < -0.39 is 12.1 Å². The van der Waals surface area contributed by atoms with Crippen LogP contribution in [0.1, 0.15) is 61.1 Å². The molecule has 0 saturated carbocycles. The smallest absolute Gasteiger partial charge is 0.303 e. The van der Waals surface area contributed by atoms with Crippen LogP contribution in [0.3, 0.4) is 0 Å². The molecule has 34 heavy (non-hydrogen) atoms. The van der Waals surface area contributed by atoms with Gasteiger partial charge in [-0.1, -0.05) is 30.7 Å². The van der Waals surface area contributed by atoms with E-state index in [1.165, 1.54) is 0 Å². The van der Waals surface area contributed by atoms with Crippen molar-refractivity contribution in [3.8, 4) is 6.07 Å². The third-order valence-corrected chi connectivity index (χ3v) is 6.18. The van der Waals surface area contributed by atoms with Crippen molar-refractivity contribution in [1.29, 1.82) is 5.26 Å². The van der Waals surface area contributed by atoms with Crippen molar-refractivity contribution in [3.05, 3.63) is 64.1 Å². The molecule has 0 fully saturated rings. The molecule has 3 aromatic rings. The normalized spacial score (nSPS) is 13.0. The number of aliphatic hydroxyl groups excluding tert-OH is 1. The van der Waals surface area contributed by atoms with Gasteiger partial charge in [0.05, 0.1) is 36.1 Å². The maximum Gasteiger partial charge on any atom is 0.303 e. The van der Waals surface area contributed by atoms with Gasteiger partial charge < -0.3 is 19.5 Å². The highest BCUT2D eigenvalue weighted by atomic mass is 35.5. The fraction of sp³-hybridized carbons (Fsp3) is 0.423. The Morgan fingerprint density at radius 2 is 2.12 bits per heavy atom. The Morgan fingerprint density at radius 1 is 1.32 bits per heavy atom. The molecule has 1 unspecified atom stereocenters. The van der Waals surface area contributed by atoms with Crippen LogP contribution < -0.4 is 0 Å². The summed E-state index contributed by atoms with van der Waals surface area (Å²) < 4.78 is 7.82. The molecule has 2 N–H and O–H groups in total. The molecule has 180 valence electrons. The summed E-state index contributed by atoms with van der Waals surface area (Å²) in [5.41, 5.74) is 4.27. The number of hydrogen-bond donors (Lipinski definition) is 2. The molecular weight excluding hydrogens is 454 g/mol. The SMILES string of the molecule is C[C@H](CC(=O)O)CC(O)c1c(CCCCOCc2cccc(C#N)c2)n(C)c2cnc(Cl)cc12. The number of carbonyl (C=O) groups is 1. The number of pyridine rings is 1. The van der Waals surface area contributed by atoms with Gasteiger partial charge in [-0.15, -0.1) is 0 Å². The van der Waals surface area contributed by atoms with Crippen molar-refractivity contribution < 1.29 is 19.7 Å². The molecule has 8 heteroatoms. The van der Waals surface area contributed by atoms with Crippen LogP contribution >= 0.6 is 11.6 Å². The summed E-state index contributed by atoms with van der Waals surface area (Å²) in [4.78, 5) is 15.3. The highest BCUT2D eigenvalue weighted by Gasteiger charge is 2.24. The molecule has 7 nitrogen and oxygen atoms in total. The zero-order valence-corrected chi connectivity index (χ0v) is 20.3. The van der Waals surface area contributed by atoms with Gasteiger partial charge in [-0.25, -0.2) is 4.98 Å². The number of nitrogens with zero attached hydrogens (tertiary/aromatic N) is 3. The van der Waals surface area contributed by atoms with Crippen LogP contribution in [0.4, 0.5) is 0 Å². The maximum atomic E-state index is 11.1. The van der Waals surface area contributed by atoms with E-state index in [9.17, 15) is 9.90 Å². The van der Waals surface area contributed by atoms with Gasteiger partial charge in [-0.05, 0) is 55.4 Å². The van der Waals surface area contributed by atoms with Crippen molar-refractivity contribution in [2.45, 2.75) is 51.7 Å². The van der Waals surface area contributed by atoms with E-state index >= 15 is 0 Å².